The van der Waals surface area contributed by atoms with E-state index in [0.717, 1.165) is 57.6 Å². The molecule has 0 saturated carbocycles. The highest BCUT2D eigenvalue weighted by atomic mass is 35.5. The van der Waals surface area contributed by atoms with Gasteiger partial charge in [0.15, 0.2) is 0 Å². The van der Waals surface area contributed by atoms with Crippen LogP contribution in [0, 0.1) is 0 Å². The first kappa shape index (κ1) is 15.8. The van der Waals surface area contributed by atoms with Crippen molar-refractivity contribution in [2.75, 3.05) is 19.0 Å². The summed E-state index contributed by atoms with van der Waals surface area (Å²) in [6.45, 7) is 1.67. The molecule has 4 heteroatoms. The molecule has 1 fully saturated rings. The van der Waals surface area contributed by atoms with E-state index in [1.165, 1.54) is 12.8 Å². The van der Waals surface area contributed by atoms with Crippen molar-refractivity contribution in [3.8, 4) is 0 Å². The first-order chi connectivity index (χ1) is 8.83. The highest BCUT2D eigenvalue weighted by molar-refractivity contribution is 6.17. The molecule has 1 N–H and O–H groups in total. The van der Waals surface area contributed by atoms with Crippen LogP contribution in [0.2, 0.25) is 0 Å². The Morgan fingerprint density at radius 3 is 2.78 bits per heavy atom. The van der Waals surface area contributed by atoms with Crippen molar-refractivity contribution in [3.63, 3.8) is 0 Å². The van der Waals surface area contributed by atoms with Crippen molar-refractivity contribution in [3.05, 3.63) is 0 Å². The van der Waals surface area contributed by atoms with E-state index in [1.807, 2.05) is 0 Å². The number of halogens is 1. The number of hydrogen-bond acceptors (Lipinski definition) is 2. The molecule has 0 aliphatic carbocycles. The highest BCUT2D eigenvalue weighted by Gasteiger charge is 2.14. The van der Waals surface area contributed by atoms with Gasteiger partial charge in [-0.05, 0) is 38.5 Å². The van der Waals surface area contributed by atoms with E-state index in [0.29, 0.717) is 12.5 Å². The Morgan fingerprint density at radius 1 is 1.22 bits per heavy atom. The van der Waals surface area contributed by atoms with Crippen LogP contribution in [0.15, 0.2) is 0 Å². The lowest BCUT2D eigenvalue weighted by Gasteiger charge is -2.22. The number of unbranched alkanes of at least 4 members (excludes halogenated alkanes) is 3. The topological polar surface area (TPSA) is 38.3 Å². The van der Waals surface area contributed by atoms with Crippen molar-refractivity contribution < 1.29 is 9.53 Å². The molecule has 1 aliphatic heterocycles. The molecule has 1 atom stereocenters. The van der Waals surface area contributed by atoms with Gasteiger partial charge in [0.1, 0.15) is 0 Å². The monoisotopic (exact) mass is 275 g/mol. The average Bonchev–Trinajstić information content (AvgIpc) is 2.41. The Labute approximate surface area is 116 Å². The number of ether oxygens (including phenoxy) is 1. The van der Waals surface area contributed by atoms with Gasteiger partial charge >= 0.3 is 0 Å². The molecule has 1 saturated heterocycles. The van der Waals surface area contributed by atoms with E-state index in [-0.39, 0.29) is 5.91 Å². The van der Waals surface area contributed by atoms with Crippen LogP contribution >= 0.6 is 11.6 Å². The third-order valence-corrected chi connectivity index (χ3v) is 3.62. The number of hydrogen-bond donors (Lipinski definition) is 1. The zero-order chi connectivity index (χ0) is 13.1. The van der Waals surface area contributed by atoms with Gasteiger partial charge in [0.25, 0.3) is 0 Å². The van der Waals surface area contributed by atoms with E-state index in [1.54, 1.807) is 0 Å². The maximum atomic E-state index is 11.6. The Hall–Kier alpha value is -0.280. The van der Waals surface area contributed by atoms with Gasteiger partial charge in [-0.25, -0.2) is 0 Å². The fourth-order valence-electron chi connectivity index (χ4n) is 2.22. The van der Waals surface area contributed by atoms with Gasteiger partial charge in [-0.2, -0.15) is 0 Å². The fraction of sp³-hybridized carbons (Fsp3) is 0.929. The smallest absolute Gasteiger partial charge is 0.220 e. The molecule has 1 rings (SSSR count). The predicted octanol–water partition coefficient (Wildman–Crippen LogP) is 3.25. The third kappa shape index (κ3) is 7.93. The summed E-state index contributed by atoms with van der Waals surface area (Å²) in [6.07, 6.45) is 9.77. The van der Waals surface area contributed by atoms with Crippen LogP contribution in [-0.2, 0) is 9.53 Å². The number of alkyl halides is 1. The third-order valence-electron chi connectivity index (χ3n) is 3.35. The van der Waals surface area contributed by atoms with Gasteiger partial charge in [0.05, 0.1) is 6.10 Å². The molecule has 0 aromatic heterocycles. The van der Waals surface area contributed by atoms with Gasteiger partial charge in [-0.1, -0.05) is 12.8 Å². The molecule has 0 spiro atoms. The number of amides is 1. The summed E-state index contributed by atoms with van der Waals surface area (Å²) in [4.78, 5) is 11.6. The molecule has 0 aromatic rings. The zero-order valence-electron chi connectivity index (χ0n) is 11.3. The maximum absolute atomic E-state index is 11.6. The van der Waals surface area contributed by atoms with Crippen LogP contribution in [0.1, 0.15) is 57.8 Å². The normalized spacial score (nSPS) is 19.7. The second-order valence-corrected chi connectivity index (χ2v) is 5.36. The van der Waals surface area contributed by atoms with Crippen molar-refractivity contribution in [1.82, 2.24) is 5.32 Å². The van der Waals surface area contributed by atoms with Gasteiger partial charge in [-0.15, -0.1) is 11.6 Å². The summed E-state index contributed by atoms with van der Waals surface area (Å²) in [5.74, 6) is 0.912. The molecule has 0 bridgehead atoms. The van der Waals surface area contributed by atoms with Crippen LogP contribution < -0.4 is 5.32 Å². The lowest BCUT2D eigenvalue weighted by molar-refractivity contribution is -0.122. The minimum absolute atomic E-state index is 0.168. The molecule has 1 unspecified atom stereocenters. The molecule has 18 heavy (non-hydrogen) atoms. The molecular weight excluding hydrogens is 250 g/mol. The molecule has 0 aromatic carbocycles. The van der Waals surface area contributed by atoms with E-state index in [2.05, 4.69) is 5.32 Å². The van der Waals surface area contributed by atoms with Crippen LogP contribution in [-0.4, -0.2) is 31.0 Å². The van der Waals surface area contributed by atoms with Crippen LogP contribution in [0.5, 0.6) is 0 Å². The first-order valence-corrected chi connectivity index (χ1v) is 7.80. The SMILES string of the molecule is O=C(CCC1CCCCO1)NCCCCCCCl. The highest BCUT2D eigenvalue weighted by Crippen LogP contribution is 2.16. The largest absolute Gasteiger partial charge is 0.378 e. The van der Waals surface area contributed by atoms with Gasteiger partial charge < -0.3 is 10.1 Å². The summed E-state index contributed by atoms with van der Waals surface area (Å²) in [5, 5.41) is 2.97. The Bertz CT molecular complexity index is 218. The van der Waals surface area contributed by atoms with E-state index in [9.17, 15) is 4.79 Å². The lowest BCUT2D eigenvalue weighted by Crippen LogP contribution is -2.27. The number of carbonyl (C=O) groups excluding carboxylic acids is 1. The average molecular weight is 276 g/mol. The molecule has 106 valence electrons. The second kappa shape index (κ2) is 10.6. The predicted molar refractivity (Wildman–Crippen MR) is 75.0 cm³/mol. The number of carbonyl (C=O) groups is 1. The van der Waals surface area contributed by atoms with Crippen molar-refractivity contribution in [2.45, 2.75) is 63.9 Å². The Balaban J connectivity index is 1.90. The zero-order valence-corrected chi connectivity index (χ0v) is 12.0. The van der Waals surface area contributed by atoms with Crippen molar-refractivity contribution in [1.29, 1.82) is 0 Å². The molecule has 1 aliphatic rings. The molecule has 0 radical (unpaired) electrons. The van der Waals surface area contributed by atoms with E-state index in [4.69, 9.17) is 16.3 Å². The lowest BCUT2D eigenvalue weighted by atomic mass is 10.0. The van der Waals surface area contributed by atoms with Crippen LogP contribution in [0.3, 0.4) is 0 Å². The number of nitrogens with one attached hydrogen (secondary N) is 1. The standard InChI is InChI=1S/C14H26ClNO2/c15-10-4-1-2-5-11-16-14(17)9-8-13-7-3-6-12-18-13/h13H,1-12H2,(H,16,17). The minimum Gasteiger partial charge on any atom is -0.378 e. The summed E-state index contributed by atoms with van der Waals surface area (Å²) in [5.41, 5.74) is 0. The summed E-state index contributed by atoms with van der Waals surface area (Å²) >= 11 is 5.60. The molecule has 1 heterocycles. The van der Waals surface area contributed by atoms with Crippen LogP contribution in [0.4, 0.5) is 0 Å². The molecule has 3 nitrogen and oxygen atoms in total. The minimum atomic E-state index is 0.168. The fourth-order valence-corrected chi connectivity index (χ4v) is 2.41. The quantitative estimate of drug-likeness (QED) is 0.518. The van der Waals surface area contributed by atoms with Crippen molar-refractivity contribution >= 4 is 17.5 Å². The second-order valence-electron chi connectivity index (χ2n) is 4.98. The van der Waals surface area contributed by atoms with Crippen molar-refractivity contribution in [2.24, 2.45) is 0 Å². The Morgan fingerprint density at radius 2 is 2.06 bits per heavy atom. The summed E-state index contributed by atoms with van der Waals surface area (Å²) < 4.78 is 5.61. The number of rotatable bonds is 9. The molecular formula is C14H26ClNO2. The summed E-state index contributed by atoms with van der Waals surface area (Å²) in [7, 11) is 0. The van der Waals surface area contributed by atoms with E-state index >= 15 is 0 Å². The van der Waals surface area contributed by atoms with Gasteiger partial charge in [0, 0.05) is 25.5 Å². The van der Waals surface area contributed by atoms with Gasteiger partial charge in [-0.3, -0.25) is 4.79 Å². The summed E-state index contributed by atoms with van der Waals surface area (Å²) in [6, 6.07) is 0. The van der Waals surface area contributed by atoms with Crippen LogP contribution in [0.25, 0.3) is 0 Å². The van der Waals surface area contributed by atoms with E-state index < -0.39 is 0 Å². The maximum Gasteiger partial charge on any atom is 0.220 e. The first-order valence-electron chi connectivity index (χ1n) is 7.27. The molecule has 1 amide bonds. The van der Waals surface area contributed by atoms with Gasteiger partial charge in [0.2, 0.25) is 5.91 Å². The Kier molecular flexibility index (Phi) is 9.31.